The fraction of sp³-hybridized carbons (Fsp3) is 0.500. The minimum Gasteiger partial charge on any atom is -0.314 e. The summed E-state index contributed by atoms with van der Waals surface area (Å²) in [4.78, 5) is 2.32. The molecule has 6 heteroatoms. The second-order valence-corrected chi connectivity index (χ2v) is 4.53. The van der Waals surface area contributed by atoms with E-state index in [0.717, 1.165) is 31.7 Å². The summed E-state index contributed by atoms with van der Waals surface area (Å²) >= 11 is 6.10. The predicted octanol–water partition coefficient (Wildman–Crippen LogP) is 3.29. The van der Waals surface area contributed by atoms with Gasteiger partial charge in [0.2, 0.25) is 0 Å². The van der Waals surface area contributed by atoms with Crippen molar-refractivity contribution < 1.29 is 4.39 Å². The van der Waals surface area contributed by atoms with Crippen molar-refractivity contribution in [3.05, 3.63) is 34.6 Å². The normalized spacial score (nSPS) is 17.5. The third-order valence-corrected chi connectivity index (χ3v) is 3.45. The van der Waals surface area contributed by atoms with E-state index in [1.165, 1.54) is 12.1 Å². The molecule has 0 aromatic heterocycles. The summed E-state index contributed by atoms with van der Waals surface area (Å²) in [6.07, 6.45) is 0. The number of nitrogens with one attached hydrogen (secondary N) is 1. The zero-order valence-corrected chi connectivity index (χ0v) is 12.5. The highest BCUT2D eigenvalue weighted by atomic mass is 35.5. The second-order valence-electron chi connectivity index (χ2n) is 4.13. The van der Waals surface area contributed by atoms with Crippen LogP contribution in [0, 0.1) is 5.82 Å². The zero-order valence-electron chi connectivity index (χ0n) is 10.2. The van der Waals surface area contributed by atoms with E-state index in [2.05, 4.69) is 17.1 Å². The van der Waals surface area contributed by atoms with Crippen LogP contribution in [0.2, 0.25) is 5.02 Å². The first-order valence-corrected chi connectivity index (χ1v) is 5.96. The molecule has 1 aromatic carbocycles. The summed E-state index contributed by atoms with van der Waals surface area (Å²) in [6.45, 7) is 6.00. The van der Waals surface area contributed by atoms with Gasteiger partial charge in [-0.1, -0.05) is 11.6 Å². The largest absolute Gasteiger partial charge is 0.314 e. The molecule has 1 aliphatic rings. The average Bonchev–Trinajstić information content (AvgIpc) is 2.32. The molecule has 1 aliphatic heterocycles. The average molecular weight is 316 g/mol. The second kappa shape index (κ2) is 8.18. The lowest BCUT2D eigenvalue weighted by Gasteiger charge is -2.33. The van der Waals surface area contributed by atoms with Gasteiger partial charge >= 0.3 is 0 Å². The van der Waals surface area contributed by atoms with Gasteiger partial charge in [0.15, 0.2) is 0 Å². The van der Waals surface area contributed by atoms with Crippen molar-refractivity contribution in [3.63, 3.8) is 0 Å². The van der Waals surface area contributed by atoms with E-state index in [4.69, 9.17) is 11.6 Å². The summed E-state index contributed by atoms with van der Waals surface area (Å²) in [5.41, 5.74) is 0.878. The quantitative estimate of drug-likeness (QED) is 0.901. The molecule has 0 bridgehead atoms. The Morgan fingerprint density at radius 3 is 2.50 bits per heavy atom. The van der Waals surface area contributed by atoms with Gasteiger partial charge in [0.25, 0.3) is 0 Å². The Morgan fingerprint density at radius 2 is 1.89 bits per heavy atom. The minimum absolute atomic E-state index is 0. The highest BCUT2D eigenvalue weighted by Crippen LogP contribution is 2.28. The SMILES string of the molecule is C[C@H](c1cc(F)ccc1Cl)N1CCNCC1.Cl.Cl. The predicted molar refractivity (Wildman–Crippen MR) is 78.8 cm³/mol. The molecule has 2 rings (SSSR count). The van der Waals surface area contributed by atoms with Crippen LogP contribution in [0.4, 0.5) is 4.39 Å². The molecule has 1 aromatic rings. The highest BCUT2D eigenvalue weighted by molar-refractivity contribution is 6.31. The van der Waals surface area contributed by atoms with Crippen LogP contribution in [0.25, 0.3) is 0 Å². The van der Waals surface area contributed by atoms with Crippen LogP contribution in [0.1, 0.15) is 18.5 Å². The van der Waals surface area contributed by atoms with Crippen molar-refractivity contribution >= 4 is 36.4 Å². The van der Waals surface area contributed by atoms with Crippen molar-refractivity contribution in [1.29, 1.82) is 0 Å². The Balaban J connectivity index is 0.00000144. The maximum Gasteiger partial charge on any atom is 0.123 e. The van der Waals surface area contributed by atoms with Gasteiger partial charge in [0.1, 0.15) is 5.82 Å². The number of halogens is 4. The van der Waals surface area contributed by atoms with Gasteiger partial charge in [-0.25, -0.2) is 4.39 Å². The first-order valence-electron chi connectivity index (χ1n) is 5.58. The number of rotatable bonds is 2. The Bertz CT molecular complexity index is 370. The molecule has 0 radical (unpaired) electrons. The van der Waals surface area contributed by atoms with Crippen LogP contribution >= 0.6 is 36.4 Å². The van der Waals surface area contributed by atoms with Crippen molar-refractivity contribution in [2.45, 2.75) is 13.0 Å². The lowest BCUT2D eigenvalue weighted by atomic mass is 10.1. The van der Waals surface area contributed by atoms with Crippen molar-refractivity contribution in [3.8, 4) is 0 Å². The maximum atomic E-state index is 13.2. The topological polar surface area (TPSA) is 15.3 Å². The summed E-state index contributed by atoms with van der Waals surface area (Å²) in [5.74, 6) is -0.221. The van der Waals surface area contributed by atoms with Crippen LogP contribution in [0.5, 0.6) is 0 Å². The summed E-state index contributed by atoms with van der Waals surface area (Å²) in [5, 5.41) is 3.94. The van der Waals surface area contributed by atoms with Crippen LogP contribution in [0.15, 0.2) is 18.2 Å². The van der Waals surface area contributed by atoms with Gasteiger partial charge in [0.05, 0.1) is 0 Å². The molecule has 1 saturated heterocycles. The van der Waals surface area contributed by atoms with E-state index in [-0.39, 0.29) is 36.7 Å². The molecule has 2 nitrogen and oxygen atoms in total. The van der Waals surface area contributed by atoms with Gasteiger partial charge in [-0.15, -0.1) is 24.8 Å². The molecular weight excluding hydrogens is 298 g/mol. The zero-order chi connectivity index (χ0) is 11.5. The maximum absolute atomic E-state index is 13.2. The summed E-state index contributed by atoms with van der Waals surface area (Å²) < 4.78 is 13.2. The first kappa shape index (κ1) is 17.9. The molecule has 0 saturated carbocycles. The van der Waals surface area contributed by atoms with Gasteiger partial charge in [0, 0.05) is 37.2 Å². The monoisotopic (exact) mass is 314 g/mol. The third-order valence-electron chi connectivity index (χ3n) is 3.11. The van der Waals surface area contributed by atoms with E-state index in [0.29, 0.717) is 5.02 Å². The highest BCUT2D eigenvalue weighted by Gasteiger charge is 2.20. The van der Waals surface area contributed by atoms with Crippen LogP contribution in [-0.2, 0) is 0 Å². The van der Waals surface area contributed by atoms with E-state index in [1.54, 1.807) is 6.07 Å². The van der Waals surface area contributed by atoms with Crippen molar-refractivity contribution in [2.24, 2.45) is 0 Å². The molecule has 1 atom stereocenters. The fourth-order valence-corrected chi connectivity index (χ4v) is 2.38. The van der Waals surface area contributed by atoms with Crippen molar-refractivity contribution in [2.75, 3.05) is 26.2 Å². The number of hydrogen-bond acceptors (Lipinski definition) is 2. The smallest absolute Gasteiger partial charge is 0.123 e. The number of hydrogen-bond donors (Lipinski definition) is 1. The first-order chi connectivity index (χ1) is 7.68. The molecule has 0 aliphatic carbocycles. The summed E-state index contributed by atoms with van der Waals surface area (Å²) in [6, 6.07) is 4.74. The molecule has 104 valence electrons. The lowest BCUT2D eigenvalue weighted by molar-refractivity contribution is 0.185. The van der Waals surface area contributed by atoms with E-state index in [1.807, 2.05) is 0 Å². The van der Waals surface area contributed by atoms with Gasteiger partial charge in [-0.05, 0) is 30.7 Å². The number of benzene rings is 1. The van der Waals surface area contributed by atoms with Crippen LogP contribution < -0.4 is 5.32 Å². The third kappa shape index (κ3) is 4.25. The van der Waals surface area contributed by atoms with Crippen molar-refractivity contribution in [1.82, 2.24) is 10.2 Å². The van der Waals surface area contributed by atoms with Crippen LogP contribution in [0.3, 0.4) is 0 Å². The van der Waals surface area contributed by atoms with E-state index in [9.17, 15) is 4.39 Å². The molecule has 1 fully saturated rings. The fourth-order valence-electron chi connectivity index (χ4n) is 2.10. The van der Waals surface area contributed by atoms with Crippen LogP contribution in [-0.4, -0.2) is 31.1 Å². The Hall–Kier alpha value is -0.0600. The van der Waals surface area contributed by atoms with E-state index < -0.39 is 0 Å². The van der Waals surface area contributed by atoms with Gasteiger partial charge in [-0.2, -0.15) is 0 Å². The van der Waals surface area contributed by atoms with Gasteiger partial charge < -0.3 is 5.32 Å². The standard InChI is InChI=1S/C12H16ClFN2.2ClH/c1-9(16-6-4-15-5-7-16)11-8-10(14)2-3-12(11)13;;/h2-3,8-9,15H,4-7H2,1H3;2*1H/t9-;;/m1../s1. The Morgan fingerprint density at radius 1 is 1.28 bits per heavy atom. The number of nitrogens with zero attached hydrogens (tertiary/aromatic N) is 1. The molecule has 0 amide bonds. The summed E-state index contributed by atoms with van der Waals surface area (Å²) in [7, 11) is 0. The lowest BCUT2D eigenvalue weighted by Crippen LogP contribution is -2.44. The Kier molecular flexibility index (Phi) is 8.15. The van der Waals surface area contributed by atoms with Gasteiger partial charge in [-0.3, -0.25) is 4.90 Å². The number of piperazine rings is 1. The van der Waals surface area contributed by atoms with E-state index >= 15 is 0 Å². The minimum atomic E-state index is -0.221. The molecule has 18 heavy (non-hydrogen) atoms. The molecule has 0 spiro atoms. The molecular formula is C12H18Cl3FN2. The molecule has 1 heterocycles. The molecule has 1 N–H and O–H groups in total. The molecule has 0 unspecified atom stereocenters. The Labute approximate surface area is 125 Å².